The lowest BCUT2D eigenvalue weighted by Gasteiger charge is -2.29. The molecule has 0 aromatic rings. The number of nitrogens with zero attached hydrogens (tertiary/aromatic N) is 1. The van der Waals surface area contributed by atoms with Crippen LogP contribution in [-0.4, -0.2) is 50.2 Å². The summed E-state index contributed by atoms with van der Waals surface area (Å²) >= 11 is 0. The molecule has 1 atom stereocenters. The molecule has 0 heterocycles. The van der Waals surface area contributed by atoms with E-state index in [1.54, 1.807) is 6.08 Å². The second-order valence-electron chi connectivity index (χ2n) is 6.69. The van der Waals surface area contributed by atoms with Crippen LogP contribution in [0.4, 0.5) is 0 Å². The van der Waals surface area contributed by atoms with Gasteiger partial charge in [-0.2, -0.15) is 0 Å². The standard InChI is InChI=1S/C18H31NO4/c1-5-6-7-8-9-10-11-12-13-18(22)23-16(14-17(20)21)15-19(2,3)4/h5-6,11-12,16H,7-10,13-15H2,1-4H3/b6-5+,12-11+. The van der Waals surface area contributed by atoms with Gasteiger partial charge in [-0.1, -0.05) is 24.3 Å². The molecule has 0 bridgehead atoms. The Balaban J connectivity index is 4.09. The zero-order valence-electron chi connectivity index (χ0n) is 14.9. The Morgan fingerprint density at radius 1 is 1.09 bits per heavy atom. The molecule has 5 nitrogen and oxygen atoms in total. The van der Waals surface area contributed by atoms with E-state index in [9.17, 15) is 14.7 Å². The van der Waals surface area contributed by atoms with Crippen LogP contribution in [0.25, 0.3) is 0 Å². The number of carbonyl (C=O) groups is 2. The third-order valence-electron chi connectivity index (χ3n) is 3.12. The van der Waals surface area contributed by atoms with Crippen LogP contribution >= 0.6 is 0 Å². The van der Waals surface area contributed by atoms with Crippen LogP contribution in [0.5, 0.6) is 0 Å². The first-order valence-corrected chi connectivity index (χ1v) is 8.20. The summed E-state index contributed by atoms with van der Waals surface area (Å²) in [4.78, 5) is 22.5. The molecule has 0 saturated heterocycles. The predicted molar refractivity (Wildman–Crippen MR) is 89.4 cm³/mol. The fourth-order valence-electron chi connectivity index (χ4n) is 2.16. The van der Waals surface area contributed by atoms with Crippen molar-refractivity contribution in [3.63, 3.8) is 0 Å². The average molecular weight is 325 g/mol. The molecule has 0 amide bonds. The monoisotopic (exact) mass is 325 g/mol. The smallest absolute Gasteiger partial charge is 0.310 e. The second-order valence-corrected chi connectivity index (χ2v) is 6.69. The number of allylic oxidation sites excluding steroid dienone is 3. The maximum absolute atomic E-state index is 11.8. The van der Waals surface area contributed by atoms with Gasteiger partial charge < -0.3 is 19.1 Å². The Labute approximate surface area is 140 Å². The fourth-order valence-corrected chi connectivity index (χ4v) is 2.16. The first kappa shape index (κ1) is 21.4. The van der Waals surface area contributed by atoms with Crippen molar-refractivity contribution in [2.45, 2.75) is 51.6 Å². The molecular weight excluding hydrogens is 294 g/mol. The largest absolute Gasteiger partial charge is 0.550 e. The van der Waals surface area contributed by atoms with Crippen molar-refractivity contribution < 1.29 is 23.9 Å². The summed E-state index contributed by atoms with van der Waals surface area (Å²) in [7, 11) is 5.76. The minimum Gasteiger partial charge on any atom is -0.550 e. The molecular formula is C18H31NO4. The van der Waals surface area contributed by atoms with Gasteiger partial charge in [0.05, 0.1) is 27.6 Å². The quantitative estimate of drug-likeness (QED) is 0.238. The molecule has 0 aromatic carbocycles. The van der Waals surface area contributed by atoms with Crippen LogP contribution in [-0.2, 0) is 14.3 Å². The Morgan fingerprint density at radius 2 is 1.70 bits per heavy atom. The number of likely N-dealkylation sites (N-methyl/N-ethyl adjacent to an activating group) is 1. The number of hydrogen-bond acceptors (Lipinski definition) is 4. The highest BCUT2D eigenvalue weighted by Gasteiger charge is 2.21. The lowest BCUT2D eigenvalue weighted by atomic mass is 10.1. The van der Waals surface area contributed by atoms with E-state index in [0.717, 1.165) is 25.7 Å². The summed E-state index contributed by atoms with van der Waals surface area (Å²) in [6.45, 7) is 2.45. The van der Waals surface area contributed by atoms with Crippen LogP contribution < -0.4 is 5.11 Å². The van der Waals surface area contributed by atoms with E-state index in [0.29, 0.717) is 11.0 Å². The average Bonchev–Trinajstić information content (AvgIpc) is 2.39. The Hall–Kier alpha value is -1.62. The number of rotatable bonds is 12. The van der Waals surface area contributed by atoms with Gasteiger partial charge in [-0.25, -0.2) is 0 Å². The van der Waals surface area contributed by atoms with Crippen molar-refractivity contribution in [2.24, 2.45) is 0 Å². The van der Waals surface area contributed by atoms with E-state index in [2.05, 4.69) is 6.08 Å². The summed E-state index contributed by atoms with van der Waals surface area (Å²) in [5.74, 6) is -1.59. The van der Waals surface area contributed by atoms with Gasteiger partial charge in [0.1, 0.15) is 6.54 Å². The van der Waals surface area contributed by atoms with Crippen LogP contribution in [0, 0.1) is 0 Å². The van der Waals surface area contributed by atoms with Gasteiger partial charge in [-0.3, -0.25) is 4.79 Å². The van der Waals surface area contributed by atoms with Gasteiger partial charge in [0.25, 0.3) is 0 Å². The van der Waals surface area contributed by atoms with Crippen molar-refractivity contribution in [1.29, 1.82) is 0 Å². The summed E-state index contributed by atoms with van der Waals surface area (Å²) in [5.41, 5.74) is 0. The molecule has 132 valence electrons. The first-order chi connectivity index (χ1) is 10.7. The maximum atomic E-state index is 11.8. The summed E-state index contributed by atoms with van der Waals surface area (Å²) in [5, 5.41) is 10.8. The number of quaternary nitrogens is 1. The number of aliphatic carboxylic acids is 1. The number of esters is 1. The molecule has 1 unspecified atom stereocenters. The molecule has 0 fully saturated rings. The summed E-state index contributed by atoms with van der Waals surface area (Å²) in [6.07, 6.45) is 11.5. The molecule has 0 N–H and O–H groups in total. The number of carboxylic acids is 1. The zero-order chi connectivity index (χ0) is 17.7. The van der Waals surface area contributed by atoms with Crippen molar-refractivity contribution >= 4 is 11.9 Å². The first-order valence-electron chi connectivity index (χ1n) is 8.20. The Kier molecular flexibility index (Phi) is 11.0. The van der Waals surface area contributed by atoms with Gasteiger partial charge in [-0.15, -0.1) is 0 Å². The Bertz CT molecular complexity index is 408. The Morgan fingerprint density at radius 3 is 2.22 bits per heavy atom. The van der Waals surface area contributed by atoms with E-state index in [1.165, 1.54) is 0 Å². The molecule has 23 heavy (non-hydrogen) atoms. The van der Waals surface area contributed by atoms with E-state index >= 15 is 0 Å². The molecule has 0 aliphatic heterocycles. The number of carboxylic acid groups (broad SMARTS) is 1. The maximum Gasteiger partial charge on any atom is 0.310 e. The van der Waals surface area contributed by atoms with Crippen molar-refractivity contribution in [3.05, 3.63) is 24.3 Å². The zero-order valence-corrected chi connectivity index (χ0v) is 14.9. The topological polar surface area (TPSA) is 66.4 Å². The van der Waals surface area contributed by atoms with Gasteiger partial charge in [0.2, 0.25) is 0 Å². The lowest BCUT2D eigenvalue weighted by molar-refractivity contribution is -0.873. The third kappa shape index (κ3) is 15.1. The number of ether oxygens (including phenoxy) is 1. The molecule has 0 aromatic heterocycles. The van der Waals surface area contributed by atoms with Crippen molar-refractivity contribution in [2.75, 3.05) is 27.7 Å². The van der Waals surface area contributed by atoms with Gasteiger partial charge in [0, 0.05) is 12.4 Å². The van der Waals surface area contributed by atoms with Crippen LogP contribution in [0.1, 0.15) is 45.4 Å². The van der Waals surface area contributed by atoms with Gasteiger partial charge >= 0.3 is 5.97 Å². The molecule has 0 rings (SSSR count). The highest BCUT2D eigenvalue weighted by atomic mass is 16.5. The number of unbranched alkanes of at least 4 members (excludes halogenated alkanes) is 3. The second kappa shape index (κ2) is 11.9. The van der Waals surface area contributed by atoms with E-state index in [-0.39, 0.29) is 12.8 Å². The predicted octanol–water partition coefficient (Wildman–Crippen LogP) is 1.83. The molecule has 0 saturated carbocycles. The van der Waals surface area contributed by atoms with Crippen LogP contribution in [0.2, 0.25) is 0 Å². The minimum atomic E-state index is -1.20. The lowest BCUT2D eigenvalue weighted by Crippen LogP contribution is -2.45. The van der Waals surface area contributed by atoms with Crippen LogP contribution in [0.3, 0.4) is 0 Å². The highest BCUT2D eigenvalue weighted by Crippen LogP contribution is 2.07. The van der Waals surface area contributed by atoms with Crippen molar-refractivity contribution in [3.8, 4) is 0 Å². The van der Waals surface area contributed by atoms with E-state index in [4.69, 9.17) is 4.74 Å². The number of hydrogen-bond donors (Lipinski definition) is 0. The van der Waals surface area contributed by atoms with Gasteiger partial charge in [0.15, 0.2) is 6.10 Å². The molecule has 0 spiro atoms. The molecule has 0 aliphatic carbocycles. The highest BCUT2D eigenvalue weighted by molar-refractivity contribution is 5.72. The fraction of sp³-hybridized carbons (Fsp3) is 0.667. The third-order valence-corrected chi connectivity index (χ3v) is 3.12. The minimum absolute atomic E-state index is 0.176. The normalized spacial score (nSPS) is 13.6. The number of carbonyl (C=O) groups excluding carboxylic acids is 2. The van der Waals surface area contributed by atoms with Crippen LogP contribution in [0.15, 0.2) is 24.3 Å². The molecule has 0 aliphatic rings. The molecule has 5 heteroatoms. The SMILES string of the molecule is C/C=C/CCCC/C=C/CC(=O)OC(CC(=O)[O-])C[N+](C)(C)C. The van der Waals surface area contributed by atoms with E-state index in [1.807, 2.05) is 40.2 Å². The summed E-state index contributed by atoms with van der Waals surface area (Å²) in [6, 6.07) is 0. The van der Waals surface area contributed by atoms with Gasteiger partial charge in [-0.05, 0) is 32.6 Å². The molecule has 0 radical (unpaired) electrons. The van der Waals surface area contributed by atoms with Crippen molar-refractivity contribution in [1.82, 2.24) is 0 Å². The van der Waals surface area contributed by atoms with E-state index < -0.39 is 18.0 Å². The summed E-state index contributed by atoms with van der Waals surface area (Å²) < 4.78 is 5.78.